The molecule has 0 heterocycles. The summed E-state index contributed by atoms with van der Waals surface area (Å²) >= 11 is 0. The molecule has 1 aromatic carbocycles. The van der Waals surface area contributed by atoms with Crippen molar-refractivity contribution < 1.29 is 0 Å². The van der Waals surface area contributed by atoms with Gasteiger partial charge in [-0.15, -0.1) is 0 Å². The van der Waals surface area contributed by atoms with E-state index in [0.717, 1.165) is 17.8 Å². The Balaban J connectivity index is 2.67. The van der Waals surface area contributed by atoms with Crippen LogP contribution in [-0.2, 0) is 0 Å². The first-order valence-electron chi connectivity index (χ1n) is 4.20. The van der Waals surface area contributed by atoms with Crippen LogP contribution in [0.4, 0.5) is 5.69 Å². The fraction of sp³-hybridized carbons (Fsp3) is 0.273. The summed E-state index contributed by atoms with van der Waals surface area (Å²) in [6, 6.07) is 10.0. The predicted molar refractivity (Wildman–Crippen MR) is 53.8 cm³/mol. The maximum atomic E-state index is 4.43. The number of benzene rings is 1. The van der Waals surface area contributed by atoms with Crippen LogP contribution in [0, 0.1) is 6.42 Å². The summed E-state index contributed by atoms with van der Waals surface area (Å²) in [5.74, 6) is 0. The number of rotatable bonds is 3. The Morgan fingerprint density at radius 1 is 1.33 bits per heavy atom. The van der Waals surface area contributed by atoms with Gasteiger partial charge < -0.3 is 0 Å². The molecule has 0 aliphatic heterocycles. The van der Waals surface area contributed by atoms with E-state index in [2.05, 4.69) is 11.4 Å². The highest BCUT2D eigenvalue weighted by Gasteiger charge is 1.89. The maximum absolute atomic E-state index is 4.43. The van der Waals surface area contributed by atoms with Crippen molar-refractivity contribution in [2.75, 3.05) is 0 Å². The fourth-order valence-electron chi connectivity index (χ4n) is 1.06. The fourth-order valence-corrected chi connectivity index (χ4v) is 1.06. The minimum Gasteiger partial charge on any atom is -0.258 e. The lowest BCUT2D eigenvalue weighted by molar-refractivity contribution is 1.24. The molecule has 1 heteroatoms. The molecular formula is C11H14N. The van der Waals surface area contributed by atoms with E-state index in [9.17, 15) is 0 Å². The first kappa shape index (κ1) is 8.98. The zero-order valence-corrected chi connectivity index (χ0v) is 7.62. The Bertz CT molecular complexity index is 249. The molecule has 1 rings (SSSR count). The summed E-state index contributed by atoms with van der Waals surface area (Å²) in [6.07, 6.45) is 3.08. The van der Waals surface area contributed by atoms with Crippen molar-refractivity contribution >= 4 is 11.4 Å². The summed E-state index contributed by atoms with van der Waals surface area (Å²) < 4.78 is 0. The minimum absolute atomic E-state index is 0.967. The SMILES string of the molecule is C[CH]CC(C)=Nc1ccccc1. The van der Waals surface area contributed by atoms with Gasteiger partial charge in [0.15, 0.2) is 0 Å². The second-order valence-electron chi connectivity index (χ2n) is 2.79. The smallest absolute Gasteiger partial charge is 0.0628 e. The first-order valence-corrected chi connectivity index (χ1v) is 4.20. The predicted octanol–water partition coefficient (Wildman–Crippen LogP) is 3.39. The average Bonchev–Trinajstić information content (AvgIpc) is 2.06. The van der Waals surface area contributed by atoms with Crippen molar-refractivity contribution in [1.82, 2.24) is 0 Å². The molecule has 12 heavy (non-hydrogen) atoms. The van der Waals surface area contributed by atoms with Gasteiger partial charge in [0.25, 0.3) is 0 Å². The molecule has 1 nitrogen and oxygen atoms in total. The second kappa shape index (κ2) is 4.70. The van der Waals surface area contributed by atoms with E-state index in [1.165, 1.54) is 0 Å². The maximum Gasteiger partial charge on any atom is 0.0628 e. The van der Waals surface area contributed by atoms with E-state index in [4.69, 9.17) is 0 Å². The molecule has 0 aliphatic carbocycles. The highest BCUT2D eigenvalue weighted by atomic mass is 14.7. The van der Waals surface area contributed by atoms with Crippen LogP contribution >= 0.6 is 0 Å². The van der Waals surface area contributed by atoms with Gasteiger partial charge in [-0.25, -0.2) is 0 Å². The highest BCUT2D eigenvalue weighted by Crippen LogP contribution is 2.10. The molecule has 1 aromatic rings. The molecule has 0 saturated heterocycles. The van der Waals surface area contributed by atoms with Crippen LogP contribution in [0.15, 0.2) is 35.3 Å². The van der Waals surface area contributed by atoms with Gasteiger partial charge in [0, 0.05) is 5.71 Å². The van der Waals surface area contributed by atoms with E-state index >= 15 is 0 Å². The molecule has 0 aromatic heterocycles. The normalized spacial score (nSPS) is 11.7. The zero-order chi connectivity index (χ0) is 8.81. The third-order valence-corrected chi connectivity index (χ3v) is 1.58. The summed E-state index contributed by atoms with van der Waals surface area (Å²) in [7, 11) is 0. The standard InChI is InChI=1S/C11H14N/c1-3-7-10(2)12-11-8-5-4-6-9-11/h3-6,8-9H,7H2,1-2H3. The van der Waals surface area contributed by atoms with Crippen molar-refractivity contribution in [3.05, 3.63) is 36.8 Å². The van der Waals surface area contributed by atoms with Gasteiger partial charge in [0.05, 0.1) is 5.69 Å². The Labute approximate surface area is 74.2 Å². The lowest BCUT2D eigenvalue weighted by Gasteiger charge is -1.96. The quantitative estimate of drug-likeness (QED) is 0.601. The van der Waals surface area contributed by atoms with Gasteiger partial charge in [0.2, 0.25) is 0 Å². The van der Waals surface area contributed by atoms with Crippen LogP contribution in [-0.4, -0.2) is 5.71 Å². The van der Waals surface area contributed by atoms with E-state index in [0.29, 0.717) is 0 Å². The van der Waals surface area contributed by atoms with Gasteiger partial charge in [0.1, 0.15) is 0 Å². The topological polar surface area (TPSA) is 12.4 Å². The van der Waals surface area contributed by atoms with E-state index < -0.39 is 0 Å². The number of hydrogen-bond acceptors (Lipinski definition) is 1. The van der Waals surface area contributed by atoms with Crippen LogP contribution in [0.2, 0.25) is 0 Å². The number of para-hydroxylation sites is 1. The Morgan fingerprint density at radius 2 is 2.00 bits per heavy atom. The first-order chi connectivity index (χ1) is 5.83. The van der Waals surface area contributed by atoms with Gasteiger partial charge in [-0.1, -0.05) is 25.1 Å². The molecule has 0 N–H and O–H groups in total. The molecule has 0 amide bonds. The molecular weight excluding hydrogens is 146 g/mol. The molecule has 0 spiro atoms. The van der Waals surface area contributed by atoms with Gasteiger partial charge in [-0.3, -0.25) is 4.99 Å². The molecule has 0 bridgehead atoms. The molecule has 0 saturated carbocycles. The third-order valence-electron chi connectivity index (χ3n) is 1.58. The molecule has 0 fully saturated rings. The van der Waals surface area contributed by atoms with Gasteiger partial charge in [-0.2, -0.15) is 0 Å². The van der Waals surface area contributed by atoms with E-state index in [1.54, 1.807) is 0 Å². The Hall–Kier alpha value is -1.11. The number of nitrogens with zero attached hydrogens (tertiary/aromatic N) is 1. The van der Waals surface area contributed by atoms with Gasteiger partial charge in [-0.05, 0) is 31.9 Å². The molecule has 0 aliphatic rings. The number of aliphatic imine (C=N–C) groups is 1. The van der Waals surface area contributed by atoms with Crippen molar-refractivity contribution in [3.63, 3.8) is 0 Å². The summed E-state index contributed by atoms with van der Waals surface area (Å²) in [5, 5.41) is 0. The van der Waals surface area contributed by atoms with Crippen LogP contribution in [0.3, 0.4) is 0 Å². The van der Waals surface area contributed by atoms with Gasteiger partial charge >= 0.3 is 0 Å². The van der Waals surface area contributed by atoms with Crippen molar-refractivity contribution in [1.29, 1.82) is 0 Å². The molecule has 0 atom stereocenters. The Kier molecular flexibility index (Phi) is 3.52. The zero-order valence-electron chi connectivity index (χ0n) is 7.62. The number of hydrogen-bond donors (Lipinski definition) is 0. The molecule has 1 radical (unpaired) electrons. The minimum atomic E-state index is 0.967. The monoisotopic (exact) mass is 160 g/mol. The molecule has 63 valence electrons. The Morgan fingerprint density at radius 3 is 2.58 bits per heavy atom. The van der Waals surface area contributed by atoms with E-state index in [-0.39, 0.29) is 0 Å². The van der Waals surface area contributed by atoms with Crippen molar-refractivity contribution in [3.8, 4) is 0 Å². The van der Waals surface area contributed by atoms with Crippen LogP contribution in [0.25, 0.3) is 0 Å². The lowest BCUT2D eigenvalue weighted by atomic mass is 10.2. The van der Waals surface area contributed by atoms with E-state index in [1.807, 2.05) is 44.2 Å². The summed E-state index contributed by atoms with van der Waals surface area (Å²) in [6.45, 7) is 4.09. The lowest BCUT2D eigenvalue weighted by Crippen LogP contribution is -1.88. The van der Waals surface area contributed by atoms with Crippen LogP contribution < -0.4 is 0 Å². The molecule has 0 unspecified atom stereocenters. The largest absolute Gasteiger partial charge is 0.258 e. The average molecular weight is 160 g/mol. The third kappa shape index (κ3) is 2.87. The van der Waals surface area contributed by atoms with Crippen LogP contribution in [0.5, 0.6) is 0 Å². The summed E-state index contributed by atoms with van der Waals surface area (Å²) in [4.78, 5) is 4.43. The second-order valence-corrected chi connectivity index (χ2v) is 2.79. The van der Waals surface area contributed by atoms with Crippen LogP contribution in [0.1, 0.15) is 20.3 Å². The van der Waals surface area contributed by atoms with Crippen molar-refractivity contribution in [2.45, 2.75) is 20.3 Å². The van der Waals surface area contributed by atoms with Crippen molar-refractivity contribution in [2.24, 2.45) is 4.99 Å². The highest BCUT2D eigenvalue weighted by molar-refractivity contribution is 5.85. The summed E-state index contributed by atoms with van der Waals surface area (Å²) in [5.41, 5.74) is 2.19.